The van der Waals surface area contributed by atoms with Crippen LogP contribution in [0.2, 0.25) is 0 Å². The van der Waals surface area contributed by atoms with Crippen LogP contribution in [-0.4, -0.2) is 22.1 Å². The van der Waals surface area contributed by atoms with Crippen LogP contribution >= 0.6 is 0 Å². The van der Waals surface area contributed by atoms with E-state index in [1.807, 2.05) is 0 Å². The molecule has 0 unspecified atom stereocenters. The second kappa shape index (κ2) is 6.80. The van der Waals surface area contributed by atoms with E-state index in [4.69, 9.17) is 4.42 Å². The number of nitrogens with one attached hydrogen (secondary N) is 2. The van der Waals surface area contributed by atoms with Crippen LogP contribution in [0.4, 0.5) is 22.1 Å². The smallest absolute Gasteiger partial charge is 0.400 e. The van der Waals surface area contributed by atoms with Gasteiger partial charge in [-0.1, -0.05) is 6.07 Å². The van der Waals surface area contributed by atoms with Crippen molar-refractivity contribution < 1.29 is 19.1 Å². The molecule has 2 rings (SSSR count). The van der Waals surface area contributed by atoms with E-state index in [0.29, 0.717) is 0 Å². The fraction of sp³-hybridized carbons (Fsp3) is 0. The number of hydrazone groups is 1. The van der Waals surface area contributed by atoms with Crippen molar-refractivity contribution in [3.8, 4) is 0 Å². The zero-order valence-electron chi connectivity index (χ0n) is 11.3. The van der Waals surface area contributed by atoms with Gasteiger partial charge in [-0.05, 0) is 12.1 Å². The van der Waals surface area contributed by atoms with E-state index >= 15 is 0 Å². The minimum Gasteiger partial charge on any atom is -0.400 e. The Hall–Kier alpha value is -3.76. The molecule has 0 saturated carbocycles. The van der Waals surface area contributed by atoms with E-state index < -0.39 is 21.8 Å². The van der Waals surface area contributed by atoms with Gasteiger partial charge in [0.25, 0.3) is 5.69 Å². The molecule has 0 radical (unpaired) electrons. The van der Waals surface area contributed by atoms with Gasteiger partial charge in [0.15, 0.2) is 5.76 Å². The molecular formula is C12H9N5O6. The van der Waals surface area contributed by atoms with Crippen molar-refractivity contribution in [3.63, 3.8) is 0 Å². The normalized spacial score (nSPS) is 10.4. The fourth-order valence-electron chi connectivity index (χ4n) is 1.52. The molecule has 2 aromatic rings. The SMILES string of the molecule is O=C(N/N=C/c1ccc([N+](=O)[O-])o1)Nc1cccc([N+](=O)[O-])c1. The Morgan fingerprint density at radius 3 is 2.61 bits per heavy atom. The summed E-state index contributed by atoms with van der Waals surface area (Å²) in [5.41, 5.74) is 2.12. The molecule has 0 aliphatic rings. The molecule has 2 amide bonds. The number of urea groups is 1. The van der Waals surface area contributed by atoms with Gasteiger partial charge < -0.3 is 9.73 Å². The number of carbonyl (C=O) groups excluding carboxylic acids is 1. The van der Waals surface area contributed by atoms with Crippen LogP contribution in [0.1, 0.15) is 5.76 Å². The zero-order chi connectivity index (χ0) is 16.8. The lowest BCUT2D eigenvalue weighted by Crippen LogP contribution is -2.24. The monoisotopic (exact) mass is 319 g/mol. The van der Waals surface area contributed by atoms with Crippen LogP contribution in [-0.2, 0) is 0 Å². The van der Waals surface area contributed by atoms with Gasteiger partial charge in [0.1, 0.15) is 4.92 Å². The maximum absolute atomic E-state index is 11.6. The van der Waals surface area contributed by atoms with Gasteiger partial charge in [0.05, 0.1) is 17.2 Å². The number of furan rings is 1. The molecule has 0 bridgehead atoms. The molecule has 11 nitrogen and oxygen atoms in total. The van der Waals surface area contributed by atoms with Crippen molar-refractivity contribution in [2.45, 2.75) is 0 Å². The fourth-order valence-corrected chi connectivity index (χ4v) is 1.52. The summed E-state index contributed by atoms with van der Waals surface area (Å²) in [5.74, 6) is -0.375. The predicted octanol–water partition coefficient (Wildman–Crippen LogP) is 2.25. The first-order valence-electron chi connectivity index (χ1n) is 6.04. The summed E-state index contributed by atoms with van der Waals surface area (Å²) in [5, 5.41) is 26.9. The molecule has 0 saturated heterocycles. The first kappa shape index (κ1) is 15.6. The summed E-state index contributed by atoms with van der Waals surface area (Å²) in [7, 11) is 0. The number of anilines is 1. The van der Waals surface area contributed by atoms with Gasteiger partial charge >= 0.3 is 11.9 Å². The van der Waals surface area contributed by atoms with Crippen LogP contribution in [0.3, 0.4) is 0 Å². The summed E-state index contributed by atoms with van der Waals surface area (Å²) >= 11 is 0. The quantitative estimate of drug-likeness (QED) is 0.489. The maximum Gasteiger partial charge on any atom is 0.433 e. The Balaban J connectivity index is 1.91. The summed E-state index contributed by atoms with van der Waals surface area (Å²) in [6.45, 7) is 0. The molecular weight excluding hydrogens is 310 g/mol. The van der Waals surface area contributed by atoms with Crippen molar-refractivity contribution >= 4 is 29.5 Å². The molecule has 1 heterocycles. The van der Waals surface area contributed by atoms with Crippen molar-refractivity contribution in [3.05, 3.63) is 62.4 Å². The summed E-state index contributed by atoms with van der Waals surface area (Å²) in [4.78, 5) is 31.3. The van der Waals surface area contributed by atoms with Gasteiger partial charge in [-0.15, -0.1) is 0 Å². The summed E-state index contributed by atoms with van der Waals surface area (Å²) in [6.07, 6.45) is 1.07. The first-order valence-corrected chi connectivity index (χ1v) is 6.04. The van der Waals surface area contributed by atoms with E-state index in [2.05, 4.69) is 15.8 Å². The van der Waals surface area contributed by atoms with E-state index in [-0.39, 0.29) is 17.1 Å². The molecule has 11 heteroatoms. The minimum atomic E-state index is -0.747. The van der Waals surface area contributed by atoms with Crippen molar-refractivity contribution in [1.29, 1.82) is 0 Å². The van der Waals surface area contributed by atoms with Gasteiger partial charge in [0.2, 0.25) is 0 Å². The van der Waals surface area contributed by atoms with E-state index in [1.54, 1.807) is 0 Å². The number of hydrogen-bond donors (Lipinski definition) is 2. The number of nitro groups is 2. The highest BCUT2D eigenvalue weighted by Gasteiger charge is 2.10. The Bertz CT molecular complexity index is 784. The van der Waals surface area contributed by atoms with E-state index in [0.717, 1.165) is 12.3 Å². The Morgan fingerprint density at radius 1 is 1.17 bits per heavy atom. The third-order valence-corrected chi connectivity index (χ3v) is 2.47. The number of amides is 2. The summed E-state index contributed by atoms with van der Waals surface area (Å²) in [6, 6.07) is 7.05. The van der Waals surface area contributed by atoms with Gasteiger partial charge in [-0.3, -0.25) is 20.2 Å². The van der Waals surface area contributed by atoms with Gasteiger partial charge in [-0.25, -0.2) is 10.2 Å². The minimum absolute atomic E-state index is 0.0762. The largest absolute Gasteiger partial charge is 0.433 e. The Kier molecular flexibility index (Phi) is 4.62. The summed E-state index contributed by atoms with van der Waals surface area (Å²) < 4.78 is 4.79. The third kappa shape index (κ3) is 4.35. The second-order valence-electron chi connectivity index (χ2n) is 4.06. The lowest BCUT2D eigenvalue weighted by molar-refractivity contribution is -0.402. The zero-order valence-corrected chi connectivity index (χ0v) is 11.3. The van der Waals surface area contributed by atoms with Gasteiger partial charge in [0, 0.05) is 17.8 Å². The molecule has 1 aromatic carbocycles. The molecule has 1 aromatic heterocycles. The van der Waals surface area contributed by atoms with Crippen molar-refractivity contribution in [2.75, 3.05) is 5.32 Å². The Morgan fingerprint density at radius 2 is 1.96 bits per heavy atom. The average molecular weight is 319 g/mol. The first-order chi connectivity index (χ1) is 11.0. The predicted molar refractivity (Wildman–Crippen MR) is 78.2 cm³/mol. The maximum atomic E-state index is 11.6. The highest BCUT2D eigenvalue weighted by molar-refractivity contribution is 5.90. The van der Waals surface area contributed by atoms with Crippen LogP contribution in [0.15, 0.2) is 45.9 Å². The highest BCUT2D eigenvalue weighted by Crippen LogP contribution is 2.17. The molecule has 0 aliphatic heterocycles. The van der Waals surface area contributed by atoms with Gasteiger partial charge in [-0.2, -0.15) is 5.10 Å². The van der Waals surface area contributed by atoms with Crippen LogP contribution in [0, 0.1) is 20.2 Å². The highest BCUT2D eigenvalue weighted by atomic mass is 16.6. The molecule has 0 spiro atoms. The molecule has 2 N–H and O–H groups in total. The van der Waals surface area contributed by atoms with Crippen LogP contribution in [0.5, 0.6) is 0 Å². The number of benzene rings is 1. The van der Waals surface area contributed by atoms with E-state index in [9.17, 15) is 25.0 Å². The molecule has 118 valence electrons. The molecule has 0 fully saturated rings. The van der Waals surface area contributed by atoms with Crippen LogP contribution in [0.25, 0.3) is 0 Å². The number of non-ortho nitro benzene ring substituents is 1. The lowest BCUT2D eigenvalue weighted by Gasteiger charge is -2.03. The number of carbonyl (C=O) groups is 1. The number of nitrogens with zero attached hydrogens (tertiary/aromatic N) is 3. The second-order valence-corrected chi connectivity index (χ2v) is 4.06. The molecule has 0 atom stereocenters. The number of hydrogen-bond acceptors (Lipinski definition) is 7. The molecule has 23 heavy (non-hydrogen) atoms. The number of rotatable bonds is 5. The van der Waals surface area contributed by atoms with Crippen molar-refractivity contribution in [2.24, 2.45) is 5.10 Å². The lowest BCUT2D eigenvalue weighted by atomic mass is 10.3. The van der Waals surface area contributed by atoms with E-state index in [1.165, 1.54) is 30.3 Å². The number of nitro benzene ring substituents is 1. The third-order valence-electron chi connectivity index (χ3n) is 2.47. The Labute approximate surface area is 127 Å². The van der Waals surface area contributed by atoms with Crippen LogP contribution < -0.4 is 10.7 Å². The average Bonchev–Trinajstić information content (AvgIpc) is 2.96. The van der Waals surface area contributed by atoms with Crippen molar-refractivity contribution in [1.82, 2.24) is 5.43 Å². The topological polar surface area (TPSA) is 153 Å². The molecule has 0 aliphatic carbocycles. The standard InChI is InChI=1S/C12H9N5O6/c18-12(14-8-2-1-3-9(6-8)16(19)20)15-13-7-10-4-5-11(23-10)17(21)22/h1-7H,(H2,14,15,18)/b13-7+.